The Morgan fingerprint density at radius 1 is 1.29 bits per heavy atom. The molecule has 78 valence electrons. The topological polar surface area (TPSA) is 31.4 Å². The van der Waals surface area contributed by atoms with Crippen molar-refractivity contribution in [1.29, 1.82) is 0 Å². The quantitative estimate of drug-likeness (QED) is 0.748. The smallest absolute Gasteiger partial charge is 0.254 e. The standard InChI is InChI=1S/C10H14FNO2/c1-6(2)7-5-8(13-3)9(11)10(12-7)14-4/h5-6H,1-4H3. The summed E-state index contributed by atoms with van der Waals surface area (Å²) in [6.07, 6.45) is 0. The van der Waals surface area contributed by atoms with Crippen molar-refractivity contribution < 1.29 is 13.9 Å². The molecule has 0 amide bonds. The van der Waals surface area contributed by atoms with Gasteiger partial charge in [-0.15, -0.1) is 0 Å². The summed E-state index contributed by atoms with van der Waals surface area (Å²) < 4.78 is 23.1. The molecule has 0 saturated carbocycles. The number of methoxy groups -OCH3 is 2. The fourth-order valence-corrected chi connectivity index (χ4v) is 1.08. The summed E-state index contributed by atoms with van der Waals surface area (Å²) in [7, 11) is 2.80. The first-order valence-corrected chi connectivity index (χ1v) is 4.38. The van der Waals surface area contributed by atoms with Gasteiger partial charge in [-0.1, -0.05) is 13.8 Å². The van der Waals surface area contributed by atoms with Crippen molar-refractivity contribution in [2.24, 2.45) is 0 Å². The van der Waals surface area contributed by atoms with Gasteiger partial charge in [0.05, 0.1) is 19.9 Å². The highest BCUT2D eigenvalue weighted by Crippen LogP contribution is 2.28. The lowest BCUT2D eigenvalue weighted by Crippen LogP contribution is -2.01. The van der Waals surface area contributed by atoms with Crippen molar-refractivity contribution >= 4 is 0 Å². The van der Waals surface area contributed by atoms with E-state index >= 15 is 0 Å². The molecule has 0 aliphatic rings. The number of hydrogen-bond acceptors (Lipinski definition) is 3. The molecule has 0 bridgehead atoms. The number of rotatable bonds is 3. The van der Waals surface area contributed by atoms with E-state index in [0.717, 1.165) is 5.69 Å². The van der Waals surface area contributed by atoms with Crippen molar-refractivity contribution in [3.05, 3.63) is 17.6 Å². The van der Waals surface area contributed by atoms with Crippen LogP contribution in [0.1, 0.15) is 25.5 Å². The molecule has 0 saturated heterocycles. The average molecular weight is 199 g/mol. The Hall–Kier alpha value is -1.32. The van der Waals surface area contributed by atoms with Crippen LogP contribution in [0.3, 0.4) is 0 Å². The summed E-state index contributed by atoms with van der Waals surface area (Å²) >= 11 is 0. The van der Waals surface area contributed by atoms with Crippen molar-refractivity contribution in [3.63, 3.8) is 0 Å². The maximum atomic E-state index is 13.4. The first-order chi connectivity index (χ1) is 6.60. The molecule has 4 heteroatoms. The summed E-state index contributed by atoms with van der Waals surface area (Å²) in [5.74, 6) is -0.202. The van der Waals surface area contributed by atoms with Crippen molar-refractivity contribution in [2.75, 3.05) is 14.2 Å². The highest BCUT2D eigenvalue weighted by molar-refractivity contribution is 5.33. The van der Waals surface area contributed by atoms with E-state index in [4.69, 9.17) is 9.47 Å². The third kappa shape index (κ3) is 1.95. The van der Waals surface area contributed by atoms with Gasteiger partial charge in [-0.3, -0.25) is 0 Å². The lowest BCUT2D eigenvalue weighted by atomic mass is 10.1. The Labute approximate surface area is 82.9 Å². The van der Waals surface area contributed by atoms with E-state index in [9.17, 15) is 4.39 Å². The van der Waals surface area contributed by atoms with Crippen LogP contribution in [0.5, 0.6) is 11.6 Å². The lowest BCUT2D eigenvalue weighted by Gasteiger charge is -2.10. The first-order valence-electron chi connectivity index (χ1n) is 4.38. The molecule has 1 aromatic rings. The Morgan fingerprint density at radius 2 is 1.93 bits per heavy atom. The molecule has 0 fully saturated rings. The molecule has 0 aliphatic heterocycles. The average Bonchev–Trinajstić information content (AvgIpc) is 2.17. The number of ether oxygens (including phenoxy) is 2. The maximum Gasteiger partial charge on any atom is 0.254 e. The summed E-state index contributed by atoms with van der Waals surface area (Å²) in [5, 5.41) is 0. The van der Waals surface area contributed by atoms with Gasteiger partial charge < -0.3 is 9.47 Å². The third-order valence-corrected chi connectivity index (χ3v) is 1.92. The Kier molecular flexibility index (Phi) is 3.28. The molecular weight excluding hydrogens is 185 g/mol. The molecular formula is C10H14FNO2. The van der Waals surface area contributed by atoms with Crippen LogP contribution < -0.4 is 9.47 Å². The molecule has 1 heterocycles. The van der Waals surface area contributed by atoms with Crippen LogP contribution in [0.15, 0.2) is 6.07 Å². The van der Waals surface area contributed by atoms with Crippen LogP contribution in [-0.2, 0) is 0 Å². The Morgan fingerprint density at radius 3 is 2.36 bits per heavy atom. The minimum absolute atomic E-state index is 0.0203. The number of halogens is 1. The Bertz CT molecular complexity index is 301. The predicted molar refractivity (Wildman–Crippen MR) is 51.4 cm³/mol. The van der Waals surface area contributed by atoms with E-state index in [2.05, 4.69) is 4.98 Å². The van der Waals surface area contributed by atoms with Crippen molar-refractivity contribution in [1.82, 2.24) is 4.98 Å². The van der Waals surface area contributed by atoms with E-state index in [1.807, 2.05) is 13.8 Å². The molecule has 1 rings (SSSR count). The summed E-state index contributed by atoms with van der Waals surface area (Å²) in [6.45, 7) is 3.94. The Balaban J connectivity index is 3.25. The van der Waals surface area contributed by atoms with E-state index in [0.29, 0.717) is 0 Å². The van der Waals surface area contributed by atoms with Crippen LogP contribution in [0.25, 0.3) is 0 Å². The number of pyridine rings is 1. The van der Waals surface area contributed by atoms with Gasteiger partial charge in [0.2, 0.25) is 5.82 Å². The van der Waals surface area contributed by atoms with E-state index in [-0.39, 0.29) is 17.5 Å². The van der Waals surface area contributed by atoms with Crippen LogP contribution >= 0.6 is 0 Å². The van der Waals surface area contributed by atoms with Crippen LogP contribution in [0.2, 0.25) is 0 Å². The van der Waals surface area contributed by atoms with Gasteiger partial charge in [-0.2, -0.15) is 4.39 Å². The van der Waals surface area contributed by atoms with Gasteiger partial charge in [0.1, 0.15) is 0 Å². The van der Waals surface area contributed by atoms with Gasteiger partial charge in [0.25, 0.3) is 5.88 Å². The largest absolute Gasteiger partial charge is 0.493 e. The fourth-order valence-electron chi connectivity index (χ4n) is 1.08. The van der Waals surface area contributed by atoms with Gasteiger partial charge in [-0.25, -0.2) is 4.98 Å². The molecule has 0 spiro atoms. The molecule has 0 radical (unpaired) electrons. The lowest BCUT2D eigenvalue weighted by molar-refractivity contribution is 0.336. The normalized spacial score (nSPS) is 10.4. The zero-order valence-electron chi connectivity index (χ0n) is 8.80. The number of hydrogen-bond donors (Lipinski definition) is 0. The minimum Gasteiger partial charge on any atom is -0.493 e. The monoisotopic (exact) mass is 199 g/mol. The molecule has 0 aromatic carbocycles. The van der Waals surface area contributed by atoms with E-state index < -0.39 is 5.82 Å². The second kappa shape index (κ2) is 4.26. The minimum atomic E-state index is -0.556. The van der Waals surface area contributed by atoms with Gasteiger partial charge in [0.15, 0.2) is 5.75 Å². The van der Waals surface area contributed by atoms with E-state index in [1.165, 1.54) is 14.2 Å². The first kappa shape index (κ1) is 10.8. The second-order valence-corrected chi connectivity index (χ2v) is 3.23. The van der Waals surface area contributed by atoms with Crippen LogP contribution in [0, 0.1) is 5.82 Å². The van der Waals surface area contributed by atoms with Gasteiger partial charge >= 0.3 is 0 Å². The highest BCUT2D eigenvalue weighted by atomic mass is 19.1. The summed E-state index contributed by atoms with van der Waals surface area (Å²) in [6, 6.07) is 1.59. The molecule has 0 unspecified atom stereocenters. The molecule has 0 atom stereocenters. The van der Waals surface area contributed by atoms with E-state index in [1.54, 1.807) is 6.07 Å². The molecule has 0 aliphatic carbocycles. The zero-order valence-corrected chi connectivity index (χ0v) is 8.80. The number of nitrogens with zero attached hydrogens (tertiary/aromatic N) is 1. The van der Waals surface area contributed by atoms with Gasteiger partial charge in [0, 0.05) is 6.07 Å². The maximum absolute atomic E-state index is 13.4. The SMILES string of the molecule is COc1cc(C(C)C)nc(OC)c1F. The predicted octanol–water partition coefficient (Wildman–Crippen LogP) is 2.36. The summed E-state index contributed by atoms with van der Waals surface area (Å²) in [5.41, 5.74) is 0.750. The fraction of sp³-hybridized carbons (Fsp3) is 0.500. The van der Waals surface area contributed by atoms with Crippen LogP contribution in [-0.4, -0.2) is 19.2 Å². The summed E-state index contributed by atoms with van der Waals surface area (Å²) in [4.78, 5) is 4.02. The molecule has 14 heavy (non-hydrogen) atoms. The molecule has 1 aromatic heterocycles. The third-order valence-electron chi connectivity index (χ3n) is 1.92. The second-order valence-electron chi connectivity index (χ2n) is 3.23. The van der Waals surface area contributed by atoms with Crippen molar-refractivity contribution in [3.8, 4) is 11.6 Å². The molecule has 3 nitrogen and oxygen atoms in total. The van der Waals surface area contributed by atoms with Crippen molar-refractivity contribution in [2.45, 2.75) is 19.8 Å². The highest BCUT2D eigenvalue weighted by Gasteiger charge is 2.14. The zero-order chi connectivity index (χ0) is 10.7. The van der Waals surface area contributed by atoms with Crippen LogP contribution in [0.4, 0.5) is 4.39 Å². The molecule has 0 N–H and O–H groups in total. The van der Waals surface area contributed by atoms with Gasteiger partial charge in [-0.05, 0) is 5.92 Å². The number of aromatic nitrogens is 1.